The molecule has 4 aromatic rings. The largest absolute Gasteiger partial charge is 0.463 e. The summed E-state index contributed by atoms with van der Waals surface area (Å²) in [6, 6.07) is 12.7. The van der Waals surface area contributed by atoms with Crippen molar-refractivity contribution in [2.75, 3.05) is 6.61 Å². The summed E-state index contributed by atoms with van der Waals surface area (Å²) in [6.45, 7) is 2.66. The maximum absolute atomic E-state index is 14.3. The van der Waals surface area contributed by atoms with Crippen LogP contribution in [0.2, 0.25) is 5.02 Å². The maximum atomic E-state index is 14.3. The van der Waals surface area contributed by atoms with Gasteiger partial charge < -0.3 is 8.92 Å². The van der Waals surface area contributed by atoms with Crippen molar-refractivity contribution in [2.24, 2.45) is 4.99 Å². The zero-order chi connectivity index (χ0) is 34.3. The number of esters is 1. The molecule has 5 rings (SSSR count). The molecule has 3 aromatic carbocycles. The Morgan fingerprint density at radius 3 is 2.38 bits per heavy atom. The molecular weight excluding hydrogens is 687 g/mol. The molecule has 0 saturated carbocycles. The Kier molecular flexibility index (Phi) is 9.12. The molecule has 11 nitrogen and oxygen atoms in total. The molecule has 1 aromatic heterocycles. The number of carbonyl (C=O) groups is 1. The molecule has 0 amide bonds. The lowest BCUT2D eigenvalue weighted by molar-refractivity contribution is -0.385. The first-order valence-corrected chi connectivity index (χ1v) is 16.1. The van der Waals surface area contributed by atoms with E-state index in [0.29, 0.717) is 16.9 Å². The lowest BCUT2D eigenvalue weighted by atomic mass is 9.95. The number of rotatable bonds is 8. The number of hydrogen-bond acceptors (Lipinski definition) is 10. The number of hydrogen-bond donors (Lipinski definition) is 0. The van der Waals surface area contributed by atoms with Gasteiger partial charge in [0.25, 0.3) is 11.2 Å². The SMILES string of the molecule is CCOC(=O)C1=C(C(F)(F)F)N=c2s/c(=C\c3ccc(OS(=O)(=O)c4ccc(C)c([N+](=O)[O-])c4)cc3)c(=O)n2[C@H]1c1ccc(Cl)cc1. The molecule has 0 spiro atoms. The van der Waals surface area contributed by atoms with E-state index in [1.54, 1.807) is 0 Å². The Bertz CT molecular complexity index is 2230. The first-order chi connectivity index (χ1) is 22.1. The number of allylic oxidation sites excluding steroid dienone is 1. The van der Waals surface area contributed by atoms with Gasteiger partial charge in [0.05, 0.1) is 27.7 Å². The second-order valence-electron chi connectivity index (χ2n) is 9.93. The van der Waals surface area contributed by atoms with Crippen LogP contribution in [0.3, 0.4) is 0 Å². The molecule has 0 radical (unpaired) electrons. The van der Waals surface area contributed by atoms with Gasteiger partial charge in [0.2, 0.25) is 0 Å². The van der Waals surface area contributed by atoms with Gasteiger partial charge in [-0.25, -0.2) is 9.79 Å². The summed E-state index contributed by atoms with van der Waals surface area (Å²) in [6.07, 6.45) is -3.72. The Morgan fingerprint density at radius 1 is 1.13 bits per heavy atom. The van der Waals surface area contributed by atoms with Crippen molar-refractivity contribution in [3.63, 3.8) is 0 Å². The highest BCUT2D eigenvalue weighted by atomic mass is 35.5. The lowest BCUT2D eigenvalue weighted by Gasteiger charge is -2.26. The quantitative estimate of drug-likeness (QED) is 0.108. The second kappa shape index (κ2) is 12.8. The van der Waals surface area contributed by atoms with Crippen molar-refractivity contribution in [3.8, 4) is 5.75 Å². The molecule has 47 heavy (non-hydrogen) atoms. The topological polar surface area (TPSA) is 147 Å². The minimum absolute atomic E-state index is 0.0393. The average molecular weight is 708 g/mol. The van der Waals surface area contributed by atoms with Gasteiger partial charge in [0.1, 0.15) is 10.6 Å². The molecule has 0 N–H and O–H groups in total. The van der Waals surface area contributed by atoms with E-state index in [4.69, 9.17) is 20.5 Å². The monoisotopic (exact) mass is 707 g/mol. The predicted octanol–water partition coefficient (Wildman–Crippen LogP) is 4.98. The number of aryl methyl sites for hydroxylation is 1. The molecule has 0 aliphatic carbocycles. The Hall–Kier alpha value is -4.80. The fourth-order valence-electron chi connectivity index (χ4n) is 4.69. The Balaban J connectivity index is 1.56. The molecular formula is C30H21ClF3N3O8S2. The third-order valence-corrected chi connectivity index (χ3v) is 9.31. The van der Waals surface area contributed by atoms with Crippen LogP contribution in [0.5, 0.6) is 5.75 Å². The van der Waals surface area contributed by atoms with Crippen LogP contribution in [0.4, 0.5) is 18.9 Å². The van der Waals surface area contributed by atoms with Gasteiger partial charge in [0, 0.05) is 16.7 Å². The van der Waals surface area contributed by atoms with Crippen LogP contribution in [-0.2, 0) is 19.6 Å². The standard InChI is InChI=1S/C30H21ClF3N3O8S2/c1-3-44-28(39)24-25(18-7-9-19(31)10-8-18)36-27(38)23(46-29(36)35-26(24)30(32,33)34)14-17-5-11-20(12-6-17)45-47(42,43)21-13-4-16(2)22(15-21)37(40)41/h4-15,25H,3H2,1-2H3/b23-14-/t25-/m0/s1. The molecule has 0 saturated heterocycles. The van der Waals surface area contributed by atoms with Crippen LogP contribution in [0.1, 0.15) is 29.7 Å². The summed E-state index contributed by atoms with van der Waals surface area (Å²) in [5.41, 5.74) is -2.75. The lowest BCUT2D eigenvalue weighted by Crippen LogP contribution is -2.41. The number of ether oxygens (including phenoxy) is 1. The molecule has 0 bridgehead atoms. The number of aromatic nitrogens is 1. The minimum Gasteiger partial charge on any atom is -0.463 e. The van der Waals surface area contributed by atoms with Crippen molar-refractivity contribution in [3.05, 3.63) is 130 Å². The normalized spacial score (nSPS) is 15.2. The summed E-state index contributed by atoms with van der Waals surface area (Å²) in [4.78, 5) is 40.1. The highest BCUT2D eigenvalue weighted by molar-refractivity contribution is 7.87. The van der Waals surface area contributed by atoms with Gasteiger partial charge in [-0.2, -0.15) is 21.6 Å². The zero-order valence-corrected chi connectivity index (χ0v) is 26.5. The molecule has 0 unspecified atom stereocenters. The molecule has 0 fully saturated rings. The van der Waals surface area contributed by atoms with E-state index >= 15 is 0 Å². The number of thiazole rings is 1. The van der Waals surface area contributed by atoms with Crippen LogP contribution >= 0.6 is 22.9 Å². The second-order valence-corrected chi connectivity index (χ2v) is 12.9. The predicted molar refractivity (Wildman–Crippen MR) is 164 cm³/mol. The van der Waals surface area contributed by atoms with E-state index in [2.05, 4.69) is 4.99 Å². The molecule has 1 atom stereocenters. The first kappa shape index (κ1) is 33.6. The number of fused-ring (bicyclic) bond motifs is 1. The first-order valence-electron chi connectivity index (χ1n) is 13.5. The van der Waals surface area contributed by atoms with E-state index in [-0.39, 0.29) is 37.8 Å². The number of carbonyl (C=O) groups excluding carboxylic acids is 1. The van der Waals surface area contributed by atoms with E-state index in [0.717, 1.165) is 10.6 Å². The Labute approximate surface area is 272 Å². The van der Waals surface area contributed by atoms with Crippen molar-refractivity contribution >= 4 is 50.8 Å². The van der Waals surface area contributed by atoms with Crippen molar-refractivity contribution in [1.29, 1.82) is 0 Å². The van der Waals surface area contributed by atoms with Gasteiger partial charge in [-0.3, -0.25) is 19.5 Å². The molecule has 1 aliphatic heterocycles. The van der Waals surface area contributed by atoms with E-state index < -0.39 is 60.6 Å². The van der Waals surface area contributed by atoms with Crippen LogP contribution in [-0.4, -0.2) is 36.7 Å². The van der Waals surface area contributed by atoms with Gasteiger partial charge in [-0.05, 0) is 61.4 Å². The van der Waals surface area contributed by atoms with Crippen molar-refractivity contribution in [2.45, 2.75) is 31.0 Å². The molecule has 2 heterocycles. The smallest absolute Gasteiger partial charge is 0.434 e. The van der Waals surface area contributed by atoms with Crippen LogP contribution < -0.4 is 19.1 Å². The fourth-order valence-corrected chi connectivity index (χ4v) is 6.77. The van der Waals surface area contributed by atoms with Crippen LogP contribution in [0, 0.1) is 17.0 Å². The Morgan fingerprint density at radius 2 is 1.79 bits per heavy atom. The summed E-state index contributed by atoms with van der Waals surface area (Å²) in [7, 11) is -4.46. The summed E-state index contributed by atoms with van der Waals surface area (Å²) >= 11 is 6.64. The number of benzene rings is 3. The van der Waals surface area contributed by atoms with E-state index in [1.165, 1.54) is 80.6 Å². The summed E-state index contributed by atoms with van der Waals surface area (Å²) in [5, 5.41) is 11.5. The third kappa shape index (κ3) is 6.84. The molecule has 244 valence electrons. The summed E-state index contributed by atoms with van der Waals surface area (Å²) < 4.78 is 79.4. The highest BCUT2D eigenvalue weighted by Crippen LogP contribution is 2.38. The molecule has 1 aliphatic rings. The van der Waals surface area contributed by atoms with E-state index in [9.17, 15) is 41.3 Å². The number of alkyl halides is 3. The van der Waals surface area contributed by atoms with Crippen molar-refractivity contribution < 1.29 is 40.2 Å². The summed E-state index contributed by atoms with van der Waals surface area (Å²) in [5.74, 6) is -1.44. The maximum Gasteiger partial charge on any atom is 0.434 e. The van der Waals surface area contributed by atoms with Gasteiger partial charge in [-0.1, -0.05) is 53.3 Å². The van der Waals surface area contributed by atoms with Gasteiger partial charge >= 0.3 is 22.3 Å². The van der Waals surface area contributed by atoms with E-state index in [1.807, 2.05) is 0 Å². The third-order valence-electron chi connectivity index (χ3n) is 6.83. The highest BCUT2D eigenvalue weighted by Gasteiger charge is 2.45. The van der Waals surface area contributed by atoms with Gasteiger partial charge in [0.15, 0.2) is 10.5 Å². The number of nitrogens with zero attached hydrogens (tertiary/aromatic N) is 3. The zero-order valence-electron chi connectivity index (χ0n) is 24.1. The average Bonchev–Trinajstić information content (AvgIpc) is 3.31. The fraction of sp³-hybridized carbons (Fsp3) is 0.167. The number of nitro groups is 1. The minimum atomic E-state index is -5.07. The van der Waals surface area contributed by atoms with Crippen LogP contribution in [0.25, 0.3) is 6.08 Å². The number of nitro benzene ring substituents is 1. The van der Waals surface area contributed by atoms with Gasteiger partial charge in [-0.15, -0.1) is 0 Å². The van der Waals surface area contributed by atoms with Crippen LogP contribution in [0.15, 0.2) is 92.7 Å². The number of halogens is 4. The molecule has 17 heteroatoms. The van der Waals surface area contributed by atoms with Crippen molar-refractivity contribution in [1.82, 2.24) is 4.57 Å².